The molecule has 1 heterocycles. The number of piperidine rings is 1. The third-order valence-corrected chi connectivity index (χ3v) is 7.39. The molecule has 1 aliphatic heterocycles. The summed E-state index contributed by atoms with van der Waals surface area (Å²) >= 11 is 0. The lowest BCUT2D eigenvalue weighted by Crippen LogP contribution is -2.52. The number of aromatic carboxylic acids is 1. The van der Waals surface area contributed by atoms with Gasteiger partial charge in [0.15, 0.2) is 11.6 Å². The van der Waals surface area contributed by atoms with Crippen LogP contribution in [0.2, 0.25) is 0 Å². The molecule has 3 aromatic rings. The minimum absolute atomic E-state index is 0.0744. The van der Waals surface area contributed by atoms with Crippen LogP contribution in [0.15, 0.2) is 78.9 Å². The van der Waals surface area contributed by atoms with E-state index >= 15 is 0 Å². The maximum absolute atomic E-state index is 14.0. The molecule has 0 bridgehead atoms. The summed E-state index contributed by atoms with van der Waals surface area (Å²) in [5.41, 5.74) is 2.39. The summed E-state index contributed by atoms with van der Waals surface area (Å²) in [6.45, 7) is 2.35. The van der Waals surface area contributed by atoms with E-state index in [1.165, 1.54) is 11.0 Å². The molecule has 4 rings (SSSR count). The number of hydrogen-bond donors (Lipinski definition) is 1. The van der Waals surface area contributed by atoms with Crippen molar-refractivity contribution in [3.8, 4) is 0 Å². The zero-order chi connectivity index (χ0) is 27.4. The van der Waals surface area contributed by atoms with E-state index < -0.39 is 23.7 Å². The predicted octanol–water partition coefficient (Wildman–Crippen LogP) is 4.18. The smallest absolute Gasteiger partial charge is 0.335 e. The number of likely N-dealkylation sites (N-methyl/N-ethyl adjacent to an activating group) is 1. The lowest BCUT2D eigenvalue weighted by molar-refractivity contribution is -0.130. The molecule has 7 nitrogen and oxygen atoms in total. The molecule has 0 aliphatic carbocycles. The van der Waals surface area contributed by atoms with Gasteiger partial charge in [-0.15, -0.1) is 0 Å². The highest BCUT2D eigenvalue weighted by Crippen LogP contribution is 2.42. The Labute approximate surface area is 222 Å². The zero-order valence-electron chi connectivity index (χ0n) is 21.8. The number of benzene rings is 3. The molecule has 0 aromatic heterocycles. The molecular weight excluding hydrogens is 480 g/mol. The van der Waals surface area contributed by atoms with Gasteiger partial charge in [0.05, 0.1) is 12.1 Å². The van der Waals surface area contributed by atoms with Crippen molar-refractivity contribution >= 4 is 23.4 Å². The molecule has 3 aromatic carbocycles. The van der Waals surface area contributed by atoms with Gasteiger partial charge >= 0.3 is 5.97 Å². The number of carboxylic acid groups (broad SMARTS) is 1. The van der Waals surface area contributed by atoms with Crippen molar-refractivity contribution in [3.05, 3.63) is 107 Å². The number of amides is 1. The Hall–Kier alpha value is -4.10. The SMILES string of the molecule is Cc1c(C(=O)O)cccc1C1[C@@H](C(=O)c2ccccc2)CN(CC(=O)N(C)C)C[C@@H]1C(=O)c1ccccc1. The first-order valence-corrected chi connectivity index (χ1v) is 12.6. The van der Waals surface area contributed by atoms with Gasteiger partial charge in [0.1, 0.15) is 0 Å². The maximum atomic E-state index is 14.0. The van der Waals surface area contributed by atoms with Crippen molar-refractivity contribution in [2.75, 3.05) is 33.7 Å². The highest BCUT2D eigenvalue weighted by atomic mass is 16.4. The van der Waals surface area contributed by atoms with Gasteiger partial charge in [-0.25, -0.2) is 4.79 Å². The molecule has 196 valence electrons. The summed E-state index contributed by atoms with van der Waals surface area (Å²) in [4.78, 5) is 56.1. The van der Waals surface area contributed by atoms with Crippen molar-refractivity contribution in [1.29, 1.82) is 0 Å². The van der Waals surface area contributed by atoms with Crippen molar-refractivity contribution in [2.24, 2.45) is 11.8 Å². The Morgan fingerprint density at radius 2 is 1.29 bits per heavy atom. The van der Waals surface area contributed by atoms with Crippen LogP contribution < -0.4 is 0 Å². The second-order valence-corrected chi connectivity index (χ2v) is 10.0. The van der Waals surface area contributed by atoms with E-state index in [0.29, 0.717) is 22.3 Å². The van der Waals surface area contributed by atoms with Gasteiger partial charge in [-0.1, -0.05) is 72.8 Å². The monoisotopic (exact) mass is 512 g/mol. The van der Waals surface area contributed by atoms with Gasteiger partial charge in [0, 0.05) is 56.1 Å². The number of rotatable bonds is 8. The van der Waals surface area contributed by atoms with Crippen LogP contribution in [0.1, 0.15) is 48.1 Å². The second-order valence-electron chi connectivity index (χ2n) is 10.0. The van der Waals surface area contributed by atoms with Gasteiger partial charge in [0.2, 0.25) is 5.91 Å². The van der Waals surface area contributed by atoms with Gasteiger partial charge < -0.3 is 10.0 Å². The Balaban J connectivity index is 1.88. The van der Waals surface area contributed by atoms with Crippen LogP contribution in [0.5, 0.6) is 0 Å². The fraction of sp³-hybridized carbons (Fsp3) is 0.290. The van der Waals surface area contributed by atoms with E-state index in [9.17, 15) is 24.3 Å². The topological polar surface area (TPSA) is 95.0 Å². The first-order chi connectivity index (χ1) is 18.2. The fourth-order valence-corrected chi connectivity index (χ4v) is 5.41. The summed E-state index contributed by atoms with van der Waals surface area (Å²) in [5, 5.41) is 9.80. The average Bonchev–Trinajstić information content (AvgIpc) is 2.92. The van der Waals surface area contributed by atoms with Gasteiger partial charge in [0.25, 0.3) is 0 Å². The average molecular weight is 513 g/mol. The van der Waals surface area contributed by atoms with Gasteiger partial charge in [-0.3, -0.25) is 19.3 Å². The first kappa shape index (κ1) is 26.9. The van der Waals surface area contributed by atoms with E-state index in [1.54, 1.807) is 75.6 Å². The zero-order valence-corrected chi connectivity index (χ0v) is 21.8. The largest absolute Gasteiger partial charge is 0.478 e. The number of ketones is 2. The molecule has 7 heteroatoms. The minimum atomic E-state index is -1.06. The van der Waals surface area contributed by atoms with Crippen LogP contribution in [0, 0.1) is 18.8 Å². The molecule has 38 heavy (non-hydrogen) atoms. The van der Waals surface area contributed by atoms with Crippen molar-refractivity contribution in [2.45, 2.75) is 12.8 Å². The highest BCUT2D eigenvalue weighted by Gasteiger charge is 2.46. The number of carbonyl (C=O) groups is 4. The Bertz CT molecular complexity index is 1280. The molecule has 1 amide bonds. The third-order valence-electron chi connectivity index (χ3n) is 7.39. The van der Waals surface area contributed by atoms with Crippen molar-refractivity contribution in [3.63, 3.8) is 0 Å². The maximum Gasteiger partial charge on any atom is 0.335 e. The quantitative estimate of drug-likeness (QED) is 0.455. The minimum Gasteiger partial charge on any atom is -0.478 e. The Kier molecular flexibility index (Phi) is 8.17. The lowest BCUT2D eigenvalue weighted by atomic mass is 9.67. The highest BCUT2D eigenvalue weighted by molar-refractivity contribution is 6.02. The molecule has 0 spiro atoms. The fourth-order valence-electron chi connectivity index (χ4n) is 5.41. The second kappa shape index (κ2) is 11.5. The molecular formula is C31H32N2O5. The summed E-state index contributed by atoms with van der Waals surface area (Å²) in [6.07, 6.45) is 0. The van der Waals surface area contributed by atoms with E-state index in [0.717, 1.165) is 0 Å². The summed E-state index contributed by atoms with van der Waals surface area (Å²) in [6, 6.07) is 22.9. The van der Waals surface area contributed by atoms with Crippen LogP contribution in [-0.2, 0) is 4.79 Å². The van der Waals surface area contributed by atoms with E-state index in [2.05, 4.69) is 0 Å². The number of likely N-dealkylation sites (tertiary alicyclic amines) is 1. The molecule has 0 radical (unpaired) electrons. The number of carboxylic acids is 1. The summed E-state index contributed by atoms with van der Waals surface area (Å²) in [7, 11) is 3.35. The van der Waals surface area contributed by atoms with Crippen molar-refractivity contribution in [1.82, 2.24) is 9.80 Å². The molecule has 1 N–H and O–H groups in total. The summed E-state index contributed by atoms with van der Waals surface area (Å²) < 4.78 is 0. The Morgan fingerprint density at radius 1 is 0.789 bits per heavy atom. The molecule has 0 saturated carbocycles. The van der Waals surface area contributed by atoms with Crippen LogP contribution in [-0.4, -0.2) is 72.1 Å². The number of Topliss-reactive ketones (excluding diaryl/α,β-unsaturated/α-hetero) is 2. The van der Waals surface area contributed by atoms with Crippen LogP contribution in [0.4, 0.5) is 0 Å². The van der Waals surface area contributed by atoms with E-state index in [1.807, 2.05) is 23.1 Å². The summed E-state index contributed by atoms with van der Waals surface area (Å²) in [5.74, 6) is -3.35. The lowest BCUT2D eigenvalue weighted by Gasteiger charge is -2.43. The van der Waals surface area contributed by atoms with E-state index in [4.69, 9.17) is 0 Å². The van der Waals surface area contributed by atoms with Crippen LogP contribution >= 0.6 is 0 Å². The predicted molar refractivity (Wildman–Crippen MR) is 145 cm³/mol. The third kappa shape index (κ3) is 5.58. The molecule has 2 atom stereocenters. The molecule has 1 aliphatic rings. The first-order valence-electron chi connectivity index (χ1n) is 12.6. The Morgan fingerprint density at radius 3 is 1.74 bits per heavy atom. The molecule has 1 fully saturated rings. The van der Waals surface area contributed by atoms with E-state index in [-0.39, 0.29) is 42.7 Å². The van der Waals surface area contributed by atoms with Crippen LogP contribution in [0.3, 0.4) is 0 Å². The van der Waals surface area contributed by atoms with Crippen LogP contribution in [0.25, 0.3) is 0 Å². The van der Waals surface area contributed by atoms with Gasteiger partial charge in [-0.2, -0.15) is 0 Å². The standard InChI is InChI=1S/C31H32N2O5/c1-20-23(15-10-16-24(20)31(37)38)28-25(29(35)21-11-6-4-7-12-21)17-33(19-27(34)32(2)3)18-26(28)30(36)22-13-8-5-9-14-22/h4-16,25-26,28H,17-19H2,1-3H3,(H,37,38)/t25-,26-/m0/s1. The molecule has 0 unspecified atom stereocenters. The van der Waals surface area contributed by atoms with Gasteiger partial charge in [-0.05, 0) is 24.1 Å². The number of nitrogens with zero attached hydrogens (tertiary/aromatic N) is 2. The van der Waals surface area contributed by atoms with Crippen molar-refractivity contribution < 1.29 is 24.3 Å². The molecule has 1 saturated heterocycles. The normalized spacial score (nSPS) is 18.1. The number of hydrogen-bond acceptors (Lipinski definition) is 5. The number of carbonyl (C=O) groups excluding carboxylic acids is 3.